The minimum absolute atomic E-state index is 0.0384. The molecule has 3 N–H and O–H groups in total. The molecule has 0 aromatic heterocycles. The van der Waals surface area contributed by atoms with Crippen molar-refractivity contribution in [3.05, 3.63) is 0 Å². The molecule has 3 rings (SSSR count). The number of hydrogen-bond donors (Lipinski definition) is 3. The zero-order valence-corrected chi connectivity index (χ0v) is 12.7. The van der Waals surface area contributed by atoms with Gasteiger partial charge in [0.25, 0.3) is 0 Å². The Labute approximate surface area is 126 Å². The van der Waals surface area contributed by atoms with Crippen molar-refractivity contribution in [2.45, 2.75) is 63.5 Å². The van der Waals surface area contributed by atoms with E-state index in [9.17, 15) is 9.59 Å². The minimum Gasteiger partial charge on any atom is -0.354 e. The number of piperidine rings is 1. The van der Waals surface area contributed by atoms with Crippen molar-refractivity contribution in [2.75, 3.05) is 13.1 Å². The van der Waals surface area contributed by atoms with Crippen LogP contribution in [0.2, 0.25) is 0 Å². The average Bonchev–Trinajstić information content (AvgIpc) is 3.35. The molecule has 2 saturated carbocycles. The van der Waals surface area contributed by atoms with Gasteiger partial charge in [0.1, 0.15) is 0 Å². The Hall–Kier alpha value is -1.10. The maximum Gasteiger partial charge on any atom is 0.237 e. The predicted octanol–water partition coefficient (Wildman–Crippen LogP) is 0.940. The second-order valence-corrected chi connectivity index (χ2v) is 6.80. The number of rotatable bonds is 5. The van der Waals surface area contributed by atoms with Gasteiger partial charge in [-0.05, 0) is 44.4 Å². The third kappa shape index (κ3) is 3.96. The van der Waals surface area contributed by atoms with Crippen LogP contribution < -0.4 is 16.0 Å². The van der Waals surface area contributed by atoms with Gasteiger partial charge in [0.15, 0.2) is 0 Å². The fourth-order valence-electron chi connectivity index (χ4n) is 3.69. The average molecular weight is 293 g/mol. The summed E-state index contributed by atoms with van der Waals surface area (Å²) >= 11 is 0. The van der Waals surface area contributed by atoms with Gasteiger partial charge in [0.2, 0.25) is 11.8 Å². The summed E-state index contributed by atoms with van der Waals surface area (Å²) in [7, 11) is 0. The van der Waals surface area contributed by atoms with Gasteiger partial charge in [-0.2, -0.15) is 0 Å². The number of hydrogen-bond acceptors (Lipinski definition) is 3. The molecule has 1 aliphatic heterocycles. The normalized spacial score (nSPS) is 32.1. The summed E-state index contributed by atoms with van der Waals surface area (Å²) in [5.41, 5.74) is 0. The number of nitrogens with one attached hydrogen (secondary N) is 3. The van der Waals surface area contributed by atoms with Crippen molar-refractivity contribution in [3.8, 4) is 0 Å². The largest absolute Gasteiger partial charge is 0.354 e. The van der Waals surface area contributed by atoms with Crippen LogP contribution in [0.5, 0.6) is 0 Å². The molecular formula is C16H27N3O2. The zero-order chi connectivity index (χ0) is 14.7. The van der Waals surface area contributed by atoms with E-state index in [1.165, 1.54) is 32.1 Å². The van der Waals surface area contributed by atoms with Gasteiger partial charge in [-0.25, -0.2) is 0 Å². The molecule has 0 aromatic carbocycles. The third-order valence-electron chi connectivity index (χ3n) is 5.14. The number of amides is 2. The standard InChI is InChI=1S/C16H27N3O2/c20-15(12-5-6-12)17-9-10-18-16(21)14-8-7-11-3-1-2-4-13(11)19-14/h11-14,19H,1-10H2,(H,17,20)(H,18,21). The summed E-state index contributed by atoms with van der Waals surface area (Å²) in [6.07, 6.45) is 9.33. The van der Waals surface area contributed by atoms with Crippen molar-refractivity contribution in [3.63, 3.8) is 0 Å². The van der Waals surface area contributed by atoms with Gasteiger partial charge >= 0.3 is 0 Å². The lowest BCUT2D eigenvalue weighted by atomic mass is 9.77. The Balaban J connectivity index is 1.34. The van der Waals surface area contributed by atoms with Crippen LogP contribution in [-0.4, -0.2) is 37.0 Å². The molecule has 0 bridgehead atoms. The molecule has 0 aromatic rings. The van der Waals surface area contributed by atoms with Crippen molar-refractivity contribution in [1.29, 1.82) is 0 Å². The molecule has 3 fully saturated rings. The molecule has 3 aliphatic rings. The van der Waals surface area contributed by atoms with Crippen molar-refractivity contribution >= 4 is 11.8 Å². The van der Waals surface area contributed by atoms with E-state index in [2.05, 4.69) is 16.0 Å². The maximum absolute atomic E-state index is 12.2. The summed E-state index contributed by atoms with van der Waals surface area (Å²) in [4.78, 5) is 23.7. The molecule has 21 heavy (non-hydrogen) atoms. The Morgan fingerprint density at radius 1 is 0.857 bits per heavy atom. The first kappa shape index (κ1) is 14.8. The molecule has 2 aliphatic carbocycles. The molecule has 3 atom stereocenters. The highest BCUT2D eigenvalue weighted by Crippen LogP contribution is 2.32. The molecule has 118 valence electrons. The van der Waals surface area contributed by atoms with Crippen LogP contribution in [0.4, 0.5) is 0 Å². The van der Waals surface area contributed by atoms with E-state index in [0.717, 1.165) is 25.2 Å². The van der Waals surface area contributed by atoms with Crippen LogP contribution >= 0.6 is 0 Å². The van der Waals surface area contributed by atoms with Gasteiger partial charge in [-0.15, -0.1) is 0 Å². The highest BCUT2D eigenvalue weighted by molar-refractivity contribution is 5.82. The van der Waals surface area contributed by atoms with E-state index in [4.69, 9.17) is 0 Å². The predicted molar refractivity (Wildman–Crippen MR) is 80.6 cm³/mol. The summed E-state index contributed by atoms with van der Waals surface area (Å²) in [6.45, 7) is 1.07. The number of fused-ring (bicyclic) bond motifs is 1. The van der Waals surface area contributed by atoms with Gasteiger partial charge in [0.05, 0.1) is 6.04 Å². The van der Waals surface area contributed by atoms with Crippen LogP contribution in [0.1, 0.15) is 51.4 Å². The molecule has 2 amide bonds. The number of carbonyl (C=O) groups excluding carboxylic acids is 2. The van der Waals surface area contributed by atoms with Gasteiger partial charge in [0, 0.05) is 25.0 Å². The molecule has 1 heterocycles. The van der Waals surface area contributed by atoms with Gasteiger partial charge < -0.3 is 16.0 Å². The fraction of sp³-hybridized carbons (Fsp3) is 0.875. The first-order valence-electron chi connectivity index (χ1n) is 8.55. The summed E-state index contributed by atoms with van der Waals surface area (Å²) in [6, 6.07) is 0.501. The lowest BCUT2D eigenvalue weighted by molar-refractivity contribution is -0.125. The Kier molecular flexibility index (Phi) is 4.78. The second kappa shape index (κ2) is 6.77. The van der Waals surface area contributed by atoms with E-state index in [-0.39, 0.29) is 23.8 Å². The topological polar surface area (TPSA) is 70.2 Å². The molecule has 0 spiro atoms. The quantitative estimate of drug-likeness (QED) is 0.661. The fourth-order valence-corrected chi connectivity index (χ4v) is 3.69. The van der Waals surface area contributed by atoms with E-state index in [1.54, 1.807) is 0 Å². The van der Waals surface area contributed by atoms with Crippen molar-refractivity contribution < 1.29 is 9.59 Å². The van der Waals surface area contributed by atoms with Crippen LogP contribution in [0.25, 0.3) is 0 Å². The van der Waals surface area contributed by atoms with Crippen molar-refractivity contribution in [2.24, 2.45) is 11.8 Å². The Bertz CT molecular complexity index is 395. The Morgan fingerprint density at radius 3 is 2.33 bits per heavy atom. The van der Waals surface area contributed by atoms with E-state index in [0.29, 0.717) is 19.1 Å². The molecule has 5 heteroatoms. The summed E-state index contributed by atoms with van der Waals surface area (Å²) in [5.74, 6) is 1.26. The molecule has 5 nitrogen and oxygen atoms in total. The molecule has 0 radical (unpaired) electrons. The first-order chi connectivity index (χ1) is 10.2. The lowest BCUT2D eigenvalue weighted by Crippen LogP contribution is -2.55. The SMILES string of the molecule is O=C(NCCNC(=O)C1CCC2CCCCC2N1)C1CC1. The maximum atomic E-state index is 12.2. The monoisotopic (exact) mass is 293 g/mol. The van der Waals surface area contributed by atoms with E-state index >= 15 is 0 Å². The second-order valence-electron chi connectivity index (χ2n) is 6.80. The van der Waals surface area contributed by atoms with Crippen LogP contribution in [0, 0.1) is 11.8 Å². The highest BCUT2D eigenvalue weighted by Gasteiger charge is 2.34. The van der Waals surface area contributed by atoms with Crippen LogP contribution in [0.15, 0.2) is 0 Å². The smallest absolute Gasteiger partial charge is 0.237 e. The minimum atomic E-state index is -0.0384. The summed E-state index contributed by atoms with van der Waals surface area (Å²) < 4.78 is 0. The first-order valence-corrected chi connectivity index (χ1v) is 8.55. The molecule has 1 saturated heterocycles. The zero-order valence-electron chi connectivity index (χ0n) is 12.7. The third-order valence-corrected chi connectivity index (χ3v) is 5.14. The highest BCUT2D eigenvalue weighted by atomic mass is 16.2. The van der Waals surface area contributed by atoms with Crippen LogP contribution in [0.3, 0.4) is 0 Å². The van der Waals surface area contributed by atoms with Gasteiger partial charge in [-0.1, -0.05) is 12.8 Å². The lowest BCUT2D eigenvalue weighted by Gasteiger charge is -2.39. The number of carbonyl (C=O) groups is 2. The Morgan fingerprint density at radius 2 is 1.57 bits per heavy atom. The molecular weight excluding hydrogens is 266 g/mol. The summed E-state index contributed by atoms with van der Waals surface area (Å²) in [5, 5.41) is 9.35. The van der Waals surface area contributed by atoms with E-state index in [1.807, 2.05) is 0 Å². The van der Waals surface area contributed by atoms with Gasteiger partial charge in [-0.3, -0.25) is 9.59 Å². The van der Waals surface area contributed by atoms with Crippen LogP contribution in [-0.2, 0) is 9.59 Å². The molecule has 3 unspecified atom stereocenters. The van der Waals surface area contributed by atoms with Crippen molar-refractivity contribution in [1.82, 2.24) is 16.0 Å². The van der Waals surface area contributed by atoms with E-state index < -0.39 is 0 Å².